The predicted octanol–water partition coefficient (Wildman–Crippen LogP) is 1.65. The summed E-state index contributed by atoms with van der Waals surface area (Å²) in [7, 11) is -3.21. The number of benzene rings is 1. The molecule has 0 saturated heterocycles. The molecule has 0 aliphatic carbocycles. The highest BCUT2D eigenvalue weighted by atomic mass is 32.2. The highest BCUT2D eigenvalue weighted by Crippen LogP contribution is 2.15. The summed E-state index contributed by atoms with van der Waals surface area (Å²) in [4.78, 5) is 4.40. The number of nitrogens with one attached hydrogen (secondary N) is 2. The van der Waals surface area contributed by atoms with Gasteiger partial charge in [0.2, 0.25) is 10.0 Å². The molecule has 2 rings (SSSR count). The van der Waals surface area contributed by atoms with E-state index in [1.165, 1.54) is 6.26 Å². The molecular weight excluding hydrogens is 286 g/mol. The Morgan fingerprint density at radius 3 is 2.62 bits per heavy atom. The molecule has 6 heteroatoms. The van der Waals surface area contributed by atoms with Crippen molar-refractivity contribution < 1.29 is 8.42 Å². The maximum Gasteiger partial charge on any atom is 0.209 e. The fourth-order valence-corrected chi connectivity index (χ4v) is 3.43. The normalized spacial score (nSPS) is 12.7. The van der Waals surface area contributed by atoms with Crippen molar-refractivity contribution in [3.8, 4) is 0 Å². The number of fused-ring (bicyclic) bond motifs is 1. The first-order chi connectivity index (χ1) is 9.77. The first-order valence-corrected chi connectivity index (χ1v) is 8.68. The summed E-state index contributed by atoms with van der Waals surface area (Å²) < 4.78 is 25.2. The molecule has 2 aromatic rings. The predicted molar refractivity (Wildman–Crippen MR) is 85.5 cm³/mol. The molecule has 0 aliphatic rings. The lowest BCUT2D eigenvalue weighted by Gasteiger charge is -2.25. The first-order valence-electron chi connectivity index (χ1n) is 6.79. The molecule has 0 radical (unpaired) electrons. The molecule has 0 bridgehead atoms. The van der Waals surface area contributed by atoms with E-state index in [0.717, 1.165) is 16.5 Å². The van der Waals surface area contributed by atoms with Gasteiger partial charge >= 0.3 is 0 Å². The van der Waals surface area contributed by atoms with Crippen LogP contribution in [0.25, 0.3) is 10.9 Å². The quantitative estimate of drug-likeness (QED) is 0.851. The van der Waals surface area contributed by atoms with Crippen molar-refractivity contribution >= 4 is 20.9 Å². The van der Waals surface area contributed by atoms with E-state index >= 15 is 0 Å². The Labute approximate surface area is 125 Å². The van der Waals surface area contributed by atoms with Crippen molar-refractivity contribution in [2.45, 2.75) is 25.9 Å². The van der Waals surface area contributed by atoms with E-state index in [9.17, 15) is 8.42 Å². The molecule has 21 heavy (non-hydrogen) atoms. The second-order valence-electron chi connectivity index (χ2n) is 5.85. The Bertz CT molecular complexity index is 721. The highest BCUT2D eigenvalue weighted by Gasteiger charge is 2.21. The Balaban J connectivity index is 2.03. The van der Waals surface area contributed by atoms with E-state index in [2.05, 4.69) is 15.0 Å². The van der Waals surface area contributed by atoms with Crippen LogP contribution in [0.3, 0.4) is 0 Å². The number of pyridine rings is 1. The number of aromatic nitrogens is 1. The van der Waals surface area contributed by atoms with Crippen LogP contribution in [0.15, 0.2) is 36.5 Å². The number of nitrogens with zero attached hydrogens (tertiary/aromatic N) is 1. The largest absolute Gasteiger partial charge is 0.311 e. The SMILES string of the molecule is CC(C)(CNCc1cccc2cccnc12)NS(C)(=O)=O. The molecule has 0 unspecified atom stereocenters. The van der Waals surface area contributed by atoms with Gasteiger partial charge in [-0.2, -0.15) is 0 Å². The molecule has 0 fully saturated rings. The zero-order valence-corrected chi connectivity index (χ0v) is 13.4. The Morgan fingerprint density at radius 2 is 1.90 bits per heavy atom. The number of sulfonamides is 1. The van der Waals surface area contributed by atoms with Crippen molar-refractivity contribution in [1.29, 1.82) is 0 Å². The van der Waals surface area contributed by atoms with Gasteiger partial charge in [0.15, 0.2) is 0 Å². The molecule has 5 nitrogen and oxygen atoms in total. The van der Waals surface area contributed by atoms with Gasteiger partial charge in [-0.3, -0.25) is 4.98 Å². The molecule has 0 saturated carbocycles. The maximum atomic E-state index is 11.3. The Morgan fingerprint density at radius 1 is 1.19 bits per heavy atom. The lowest BCUT2D eigenvalue weighted by molar-refractivity contribution is 0.421. The zero-order valence-electron chi connectivity index (χ0n) is 12.6. The van der Waals surface area contributed by atoms with Crippen LogP contribution in [0.2, 0.25) is 0 Å². The highest BCUT2D eigenvalue weighted by molar-refractivity contribution is 7.88. The topological polar surface area (TPSA) is 71.1 Å². The summed E-state index contributed by atoms with van der Waals surface area (Å²) in [6.07, 6.45) is 2.95. The average molecular weight is 307 g/mol. The van der Waals surface area contributed by atoms with Crippen LogP contribution < -0.4 is 10.0 Å². The van der Waals surface area contributed by atoms with E-state index in [1.807, 2.05) is 44.2 Å². The molecule has 0 atom stereocenters. The van der Waals surface area contributed by atoms with Gasteiger partial charge < -0.3 is 5.32 Å². The lowest BCUT2D eigenvalue weighted by Crippen LogP contribution is -2.49. The summed E-state index contributed by atoms with van der Waals surface area (Å²) in [6.45, 7) is 4.87. The molecule has 0 spiro atoms. The molecule has 1 heterocycles. The van der Waals surface area contributed by atoms with Gasteiger partial charge in [-0.1, -0.05) is 24.3 Å². The van der Waals surface area contributed by atoms with E-state index in [4.69, 9.17) is 0 Å². The molecule has 2 N–H and O–H groups in total. The Hall–Kier alpha value is -1.50. The van der Waals surface area contributed by atoms with Gasteiger partial charge in [-0.15, -0.1) is 0 Å². The summed E-state index contributed by atoms with van der Waals surface area (Å²) in [5.74, 6) is 0. The van der Waals surface area contributed by atoms with E-state index in [-0.39, 0.29) is 0 Å². The van der Waals surface area contributed by atoms with Crippen molar-refractivity contribution in [1.82, 2.24) is 15.0 Å². The number of rotatable bonds is 6. The van der Waals surface area contributed by atoms with Crippen molar-refractivity contribution in [3.05, 3.63) is 42.1 Å². The number of hydrogen-bond donors (Lipinski definition) is 2. The first kappa shape index (κ1) is 15.9. The summed E-state index contributed by atoms with van der Waals surface area (Å²) in [5, 5.41) is 4.39. The molecular formula is C15H21N3O2S. The third-order valence-electron chi connectivity index (χ3n) is 3.06. The fourth-order valence-electron chi connectivity index (χ4n) is 2.36. The van der Waals surface area contributed by atoms with Crippen LogP contribution >= 0.6 is 0 Å². The molecule has 0 aliphatic heterocycles. The third-order valence-corrected chi connectivity index (χ3v) is 3.98. The molecule has 0 amide bonds. The smallest absolute Gasteiger partial charge is 0.209 e. The van der Waals surface area contributed by atoms with Crippen LogP contribution in [0.4, 0.5) is 0 Å². The van der Waals surface area contributed by atoms with Crippen LogP contribution in [0.1, 0.15) is 19.4 Å². The van der Waals surface area contributed by atoms with Crippen LogP contribution in [-0.4, -0.2) is 31.7 Å². The fraction of sp³-hybridized carbons (Fsp3) is 0.400. The number of hydrogen-bond acceptors (Lipinski definition) is 4. The van der Waals surface area contributed by atoms with Gasteiger partial charge in [0.05, 0.1) is 11.8 Å². The molecule has 1 aromatic heterocycles. The van der Waals surface area contributed by atoms with Gasteiger partial charge in [0, 0.05) is 30.2 Å². The van der Waals surface area contributed by atoms with Crippen LogP contribution in [0.5, 0.6) is 0 Å². The average Bonchev–Trinajstić information content (AvgIpc) is 2.36. The minimum Gasteiger partial charge on any atom is -0.311 e. The Kier molecular flexibility index (Phi) is 4.61. The molecule has 114 valence electrons. The maximum absolute atomic E-state index is 11.3. The minimum absolute atomic E-state index is 0.531. The van der Waals surface area contributed by atoms with Gasteiger partial charge in [0.1, 0.15) is 0 Å². The second kappa shape index (κ2) is 6.09. The van der Waals surface area contributed by atoms with Gasteiger partial charge in [-0.05, 0) is 25.5 Å². The monoisotopic (exact) mass is 307 g/mol. The second-order valence-corrected chi connectivity index (χ2v) is 7.60. The van der Waals surface area contributed by atoms with E-state index in [0.29, 0.717) is 13.1 Å². The van der Waals surface area contributed by atoms with E-state index < -0.39 is 15.6 Å². The van der Waals surface area contributed by atoms with Gasteiger partial charge in [-0.25, -0.2) is 13.1 Å². The van der Waals surface area contributed by atoms with E-state index in [1.54, 1.807) is 6.20 Å². The third kappa shape index (κ3) is 4.77. The number of para-hydroxylation sites is 1. The van der Waals surface area contributed by atoms with Crippen molar-refractivity contribution in [3.63, 3.8) is 0 Å². The molecule has 1 aromatic carbocycles. The summed E-state index contributed by atoms with van der Waals surface area (Å²) >= 11 is 0. The summed E-state index contributed by atoms with van der Waals surface area (Å²) in [6, 6.07) is 10.0. The van der Waals surface area contributed by atoms with Gasteiger partial charge in [0.25, 0.3) is 0 Å². The van der Waals surface area contributed by atoms with Crippen LogP contribution in [-0.2, 0) is 16.6 Å². The zero-order chi connectivity index (χ0) is 15.5. The van der Waals surface area contributed by atoms with Crippen molar-refractivity contribution in [2.24, 2.45) is 0 Å². The van der Waals surface area contributed by atoms with Crippen LogP contribution in [0, 0.1) is 0 Å². The lowest BCUT2D eigenvalue weighted by atomic mass is 10.1. The standard InChI is InChI=1S/C15H21N3O2S/c1-15(2,18-21(3,19)20)11-16-10-13-7-4-6-12-8-5-9-17-14(12)13/h4-9,16,18H,10-11H2,1-3H3. The summed E-state index contributed by atoms with van der Waals surface area (Å²) in [5.41, 5.74) is 1.54. The minimum atomic E-state index is -3.21. The van der Waals surface area contributed by atoms with Crippen molar-refractivity contribution in [2.75, 3.05) is 12.8 Å².